The molecule has 6 heteroatoms. The summed E-state index contributed by atoms with van der Waals surface area (Å²) in [5, 5.41) is 11.6. The third-order valence-electron chi connectivity index (χ3n) is 7.47. The smallest absolute Gasteiger partial charge is 0.186 e. The molecule has 1 heterocycles. The number of benzene rings is 4. The normalized spacial score (nSPS) is 24.2. The van der Waals surface area contributed by atoms with Gasteiger partial charge >= 0.3 is 0 Å². The minimum atomic E-state index is -1.10. The molecule has 0 unspecified atom stereocenters. The average molecular weight is 555 g/mol. The number of ether oxygens (including phenoxy) is 5. The van der Waals surface area contributed by atoms with E-state index in [0.29, 0.717) is 26.2 Å². The van der Waals surface area contributed by atoms with Crippen LogP contribution in [0.15, 0.2) is 121 Å². The van der Waals surface area contributed by atoms with Crippen molar-refractivity contribution in [1.29, 1.82) is 0 Å². The first-order valence-corrected chi connectivity index (χ1v) is 14.0. The zero-order valence-corrected chi connectivity index (χ0v) is 23.4. The second kappa shape index (κ2) is 14.5. The fourth-order valence-corrected chi connectivity index (χ4v) is 5.35. The van der Waals surface area contributed by atoms with E-state index in [1.807, 2.05) is 109 Å². The van der Waals surface area contributed by atoms with Crippen molar-refractivity contribution in [1.82, 2.24) is 0 Å². The second-order valence-corrected chi connectivity index (χ2v) is 10.3. The summed E-state index contributed by atoms with van der Waals surface area (Å²) in [6.07, 6.45) is -2.97. The molecule has 0 aromatic heterocycles. The molecule has 0 bridgehead atoms. The zero-order chi connectivity index (χ0) is 28.3. The molecule has 0 amide bonds. The highest BCUT2D eigenvalue weighted by Crippen LogP contribution is 2.40. The Kier molecular flexibility index (Phi) is 10.3. The standard InChI is InChI=1S/C35H38O6/c1-37-34-32(36)33(39-24-29-18-10-4-11-19-29)35(22-27-14-6-2-7-15-27,40-25-30-20-12-5-13-21-30)31(41-34)26-38-23-28-16-8-3-9-17-28/h2-21,31-34,36H,22-26H2,1H3/t31-,32+,33-,34+,35-/m1/s1. The van der Waals surface area contributed by atoms with Gasteiger partial charge in [-0.05, 0) is 22.3 Å². The van der Waals surface area contributed by atoms with Crippen LogP contribution >= 0.6 is 0 Å². The van der Waals surface area contributed by atoms with Crippen molar-refractivity contribution >= 4 is 0 Å². The summed E-state index contributed by atoms with van der Waals surface area (Å²) in [7, 11) is 1.53. The first kappa shape index (κ1) is 29.1. The fraction of sp³-hybridized carbons (Fsp3) is 0.314. The summed E-state index contributed by atoms with van der Waals surface area (Å²) < 4.78 is 31.8. The largest absolute Gasteiger partial charge is 0.385 e. The van der Waals surface area contributed by atoms with Crippen molar-refractivity contribution in [2.75, 3.05) is 13.7 Å². The molecule has 0 aliphatic carbocycles. The van der Waals surface area contributed by atoms with Crippen LogP contribution in [-0.4, -0.2) is 49.0 Å². The lowest BCUT2D eigenvalue weighted by molar-refractivity contribution is -0.348. The molecule has 4 aromatic carbocycles. The van der Waals surface area contributed by atoms with Gasteiger partial charge in [-0.25, -0.2) is 0 Å². The second-order valence-electron chi connectivity index (χ2n) is 10.3. The third-order valence-corrected chi connectivity index (χ3v) is 7.47. The van der Waals surface area contributed by atoms with Crippen LogP contribution in [0.4, 0.5) is 0 Å². The van der Waals surface area contributed by atoms with E-state index < -0.39 is 30.2 Å². The van der Waals surface area contributed by atoms with Gasteiger partial charge in [0.15, 0.2) is 6.29 Å². The Labute approximate surface area is 242 Å². The summed E-state index contributed by atoms with van der Waals surface area (Å²) in [5.41, 5.74) is 3.00. The molecular formula is C35H38O6. The average Bonchev–Trinajstić information content (AvgIpc) is 3.03. The van der Waals surface area contributed by atoms with Gasteiger partial charge in [0.2, 0.25) is 0 Å². The minimum Gasteiger partial charge on any atom is -0.385 e. The Hall–Kier alpha value is -3.36. The summed E-state index contributed by atoms with van der Waals surface area (Å²) in [6, 6.07) is 40.0. The molecule has 1 fully saturated rings. The Morgan fingerprint density at radius 3 is 1.68 bits per heavy atom. The van der Waals surface area contributed by atoms with Crippen LogP contribution in [0.5, 0.6) is 0 Å². The molecule has 1 aliphatic heterocycles. The lowest BCUT2D eigenvalue weighted by Crippen LogP contribution is -2.69. The van der Waals surface area contributed by atoms with Gasteiger partial charge in [0.1, 0.15) is 23.9 Å². The van der Waals surface area contributed by atoms with Crippen molar-refractivity contribution < 1.29 is 28.8 Å². The van der Waals surface area contributed by atoms with E-state index in [0.717, 1.165) is 22.3 Å². The van der Waals surface area contributed by atoms with Gasteiger partial charge in [-0.15, -0.1) is 0 Å². The molecule has 0 radical (unpaired) electrons. The maximum absolute atomic E-state index is 11.6. The van der Waals surface area contributed by atoms with Gasteiger partial charge in [-0.3, -0.25) is 0 Å². The lowest BCUT2D eigenvalue weighted by atomic mass is 9.78. The van der Waals surface area contributed by atoms with Gasteiger partial charge in [-0.2, -0.15) is 0 Å². The molecule has 0 spiro atoms. The zero-order valence-electron chi connectivity index (χ0n) is 23.4. The van der Waals surface area contributed by atoms with Crippen molar-refractivity contribution in [2.45, 2.75) is 56.4 Å². The van der Waals surface area contributed by atoms with Gasteiger partial charge in [0, 0.05) is 13.5 Å². The van der Waals surface area contributed by atoms with E-state index >= 15 is 0 Å². The van der Waals surface area contributed by atoms with Gasteiger partial charge in [0.05, 0.1) is 26.4 Å². The molecule has 1 saturated heterocycles. The van der Waals surface area contributed by atoms with E-state index in [-0.39, 0.29) is 6.61 Å². The molecular weight excluding hydrogens is 516 g/mol. The van der Waals surface area contributed by atoms with E-state index in [1.165, 1.54) is 7.11 Å². The van der Waals surface area contributed by atoms with Gasteiger partial charge in [-0.1, -0.05) is 121 Å². The minimum absolute atomic E-state index is 0.217. The van der Waals surface area contributed by atoms with Crippen LogP contribution in [0.25, 0.3) is 0 Å². The number of methoxy groups -OCH3 is 1. The third kappa shape index (κ3) is 7.49. The van der Waals surface area contributed by atoms with Crippen molar-refractivity contribution in [3.8, 4) is 0 Å². The molecule has 0 saturated carbocycles. The highest BCUT2D eigenvalue weighted by Gasteiger charge is 2.58. The van der Waals surface area contributed by atoms with Crippen LogP contribution in [0, 0.1) is 0 Å². The summed E-state index contributed by atoms with van der Waals surface area (Å²) in [4.78, 5) is 0. The fourth-order valence-electron chi connectivity index (χ4n) is 5.35. The number of hydrogen-bond donors (Lipinski definition) is 1. The van der Waals surface area contributed by atoms with Crippen LogP contribution in [0.1, 0.15) is 22.3 Å². The van der Waals surface area contributed by atoms with Crippen molar-refractivity contribution in [3.05, 3.63) is 144 Å². The molecule has 214 valence electrons. The highest BCUT2D eigenvalue weighted by atomic mass is 16.7. The molecule has 1 N–H and O–H groups in total. The number of rotatable bonds is 13. The Balaban J connectivity index is 1.51. The highest BCUT2D eigenvalue weighted by molar-refractivity contribution is 5.22. The number of hydrogen-bond acceptors (Lipinski definition) is 6. The Morgan fingerprint density at radius 2 is 1.15 bits per heavy atom. The molecule has 5 atom stereocenters. The van der Waals surface area contributed by atoms with E-state index in [2.05, 4.69) is 12.1 Å². The maximum atomic E-state index is 11.6. The Morgan fingerprint density at radius 1 is 0.659 bits per heavy atom. The predicted octanol–water partition coefficient (Wildman–Crippen LogP) is 5.72. The molecule has 6 nitrogen and oxygen atoms in total. The Bertz CT molecular complexity index is 1290. The lowest BCUT2D eigenvalue weighted by Gasteiger charge is -2.52. The van der Waals surface area contributed by atoms with Crippen LogP contribution in [0.3, 0.4) is 0 Å². The SMILES string of the molecule is CO[C@H]1O[C@H](COCc2ccccc2)[C@@](Cc2ccccc2)(OCc2ccccc2)[C@H](OCc2ccccc2)[C@@H]1O. The van der Waals surface area contributed by atoms with E-state index in [1.54, 1.807) is 0 Å². The molecule has 5 rings (SSSR count). The van der Waals surface area contributed by atoms with Crippen molar-refractivity contribution in [3.63, 3.8) is 0 Å². The predicted molar refractivity (Wildman–Crippen MR) is 157 cm³/mol. The summed E-state index contributed by atoms with van der Waals surface area (Å²) in [5.74, 6) is 0. The van der Waals surface area contributed by atoms with Crippen molar-refractivity contribution in [2.24, 2.45) is 0 Å². The summed E-state index contributed by atoms with van der Waals surface area (Å²) >= 11 is 0. The number of aliphatic hydroxyl groups is 1. The first-order chi connectivity index (χ1) is 20.2. The van der Waals surface area contributed by atoms with Crippen LogP contribution < -0.4 is 0 Å². The van der Waals surface area contributed by atoms with E-state index in [9.17, 15) is 5.11 Å². The first-order valence-electron chi connectivity index (χ1n) is 14.0. The quantitative estimate of drug-likeness (QED) is 0.228. The molecule has 41 heavy (non-hydrogen) atoms. The van der Waals surface area contributed by atoms with E-state index in [4.69, 9.17) is 23.7 Å². The van der Waals surface area contributed by atoms with Crippen LogP contribution in [0.2, 0.25) is 0 Å². The topological polar surface area (TPSA) is 66.4 Å². The maximum Gasteiger partial charge on any atom is 0.186 e. The van der Waals surface area contributed by atoms with Crippen LogP contribution in [-0.2, 0) is 49.9 Å². The summed E-state index contributed by atoms with van der Waals surface area (Å²) in [6.45, 7) is 1.23. The monoisotopic (exact) mass is 554 g/mol. The van der Waals surface area contributed by atoms with Gasteiger partial charge < -0.3 is 28.8 Å². The molecule has 4 aromatic rings. The molecule has 1 aliphatic rings. The number of aliphatic hydroxyl groups excluding tert-OH is 1. The van der Waals surface area contributed by atoms with Gasteiger partial charge in [0.25, 0.3) is 0 Å².